The summed E-state index contributed by atoms with van der Waals surface area (Å²) in [6, 6.07) is 21.1. The summed E-state index contributed by atoms with van der Waals surface area (Å²) >= 11 is 5.59. The first-order chi connectivity index (χ1) is 13.2. The van der Waals surface area contributed by atoms with Crippen molar-refractivity contribution in [2.75, 3.05) is 5.32 Å². The molecule has 4 heteroatoms. The van der Waals surface area contributed by atoms with Gasteiger partial charge in [0, 0.05) is 30.4 Å². The molecule has 2 aromatic carbocycles. The van der Waals surface area contributed by atoms with Crippen LogP contribution in [0.5, 0.6) is 0 Å². The zero-order valence-corrected chi connectivity index (χ0v) is 16.8. The van der Waals surface area contributed by atoms with E-state index in [1.165, 1.54) is 43.2 Å². The minimum Gasteiger partial charge on any atom is -0.360 e. The highest BCUT2D eigenvalue weighted by atomic mass is 32.1. The molecule has 2 aliphatic rings. The minimum absolute atomic E-state index is 0.470. The van der Waals surface area contributed by atoms with Crippen LogP contribution in [-0.2, 0) is 6.54 Å². The van der Waals surface area contributed by atoms with Gasteiger partial charge in [0.15, 0.2) is 5.11 Å². The molecule has 2 saturated heterocycles. The van der Waals surface area contributed by atoms with Crippen LogP contribution in [0.15, 0.2) is 54.6 Å². The Morgan fingerprint density at radius 1 is 1.04 bits per heavy atom. The molecule has 0 radical (unpaired) electrons. The highest BCUT2D eigenvalue weighted by Crippen LogP contribution is 2.35. The molecular weight excluding hydrogens is 350 g/mol. The predicted molar refractivity (Wildman–Crippen MR) is 117 cm³/mol. The molecule has 2 aliphatic heterocycles. The Labute approximate surface area is 168 Å². The van der Waals surface area contributed by atoms with Crippen molar-refractivity contribution < 1.29 is 0 Å². The maximum absolute atomic E-state index is 5.59. The lowest BCUT2D eigenvalue weighted by molar-refractivity contribution is 0.0212. The zero-order valence-electron chi connectivity index (χ0n) is 16.0. The lowest BCUT2D eigenvalue weighted by Crippen LogP contribution is -2.56. The molecule has 2 atom stereocenters. The monoisotopic (exact) mass is 379 g/mol. The van der Waals surface area contributed by atoms with Crippen molar-refractivity contribution in [3.63, 3.8) is 0 Å². The third kappa shape index (κ3) is 4.69. The van der Waals surface area contributed by atoms with E-state index >= 15 is 0 Å². The van der Waals surface area contributed by atoms with Crippen LogP contribution in [-0.4, -0.2) is 28.1 Å². The first kappa shape index (κ1) is 18.5. The van der Waals surface area contributed by atoms with Crippen molar-refractivity contribution in [3.05, 3.63) is 65.7 Å². The van der Waals surface area contributed by atoms with E-state index < -0.39 is 0 Å². The molecule has 0 saturated carbocycles. The number of hydrogen-bond acceptors (Lipinski definition) is 2. The number of aryl methyl sites for hydroxylation is 1. The number of benzene rings is 2. The fourth-order valence-electron chi connectivity index (χ4n) is 4.72. The van der Waals surface area contributed by atoms with Gasteiger partial charge in [0.1, 0.15) is 0 Å². The van der Waals surface area contributed by atoms with Gasteiger partial charge >= 0.3 is 0 Å². The molecule has 2 heterocycles. The predicted octanol–water partition coefficient (Wildman–Crippen LogP) is 4.87. The van der Waals surface area contributed by atoms with Gasteiger partial charge in [-0.3, -0.25) is 4.90 Å². The number of piperidine rings is 2. The average molecular weight is 380 g/mol. The van der Waals surface area contributed by atoms with E-state index in [4.69, 9.17) is 12.2 Å². The molecule has 3 nitrogen and oxygen atoms in total. The van der Waals surface area contributed by atoms with Crippen LogP contribution < -0.4 is 10.6 Å². The average Bonchev–Trinajstić information content (AvgIpc) is 2.63. The van der Waals surface area contributed by atoms with E-state index in [2.05, 4.69) is 77.1 Å². The van der Waals surface area contributed by atoms with Gasteiger partial charge in [-0.25, -0.2) is 0 Å². The third-order valence-corrected chi connectivity index (χ3v) is 6.16. The summed E-state index contributed by atoms with van der Waals surface area (Å²) < 4.78 is 0. The Morgan fingerprint density at radius 3 is 2.48 bits per heavy atom. The molecule has 2 bridgehead atoms. The second-order valence-electron chi connectivity index (χ2n) is 8.03. The number of rotatable bonds is 4. The quantitative estimate of drug-likeness (QED) is 0.742. The molecule has 0 amide bonds. The fraction of sp³-hybridized carbons (Fsp3) is 0.435. The topological polar surface area (TPSA) is 27.3 Å². The van der Waals surface area contributed by atoms with Gasteiger partial charge in [-0.2, -0.15) is 0 Å². The molecule has 0 aliphatic carbocycles. The number of fused-ring (bicyclic) bond motifs is 2. The van der Waals surface area contributed by atoms with Crippen molar-refractivity contribution in [3.8, 4) is 0 Å². The van der Waals surface area contributed by atoms with Crippen molar-refractivity contribution >= 4 is 23.0 Å². The molecule has 2 N–H and O–H groups in total. The summed E-state index contributed by atoms with van der Waals surface area (Å²) in [6.07, 6.45) is 6.33. The summed E-state index contributed by atoms with van der Waals surface area (Å²) in [5, 5.41) is 7.70. The van der Waals surface area contributed by atoms with E-state index in [9.17, 15) is 0 Å². The number of hydrogen-bond donors (Lipinski definition) is 2. The fourth-order valence-corrected chi connectivity index (χ4v) is 5.01. The van der Waals surface area contributed by atoms with Gasteiger partial charge < -0.3 is 10.6 Å². The summed E-state index contributed by atoms with van der Waals surface area (Å²) in [7, 11) is 0. The van der Waals surface area contributed by atoms with E-state index in [0.717, 1.165) is 17.3 Å². The summed E-state index contributed by atoms with van der Waals surface area (Å²) in [4.78, 5) is 2.74. The largest absolute Gasteiger partial charge is 0.360 e. The van der Waals surface area contributed by atoms with Gasteiger partial charge in [0.05, 0.1) is 0 Å². The first-order valence-electron chi connectivity index (χ1n) is 10.1. The van der Waals surface area contributed by atoms with E-state index in [1.54, 1.807) is 0 Å². The second-order valence-corrected chi connectivity index (χ2v) is 8.44. The van der Waals surface area contributed by atoms with Gasteiger partial charge in [0.2, 0.25) is 0 Å². The maximum Gasteiger partial charge on any atom is 0.170 e. The van der Waals surface area contributed by atoms with Crippen molar-refractivity contribution in [2.24, 2.45) is 0 Å². The summed E-state index contributed by atoms with van der Waals surface area (Å²) in [6.45, 7) is 3.18. The molecule has 2 fully saturated rings. The van der Waals surface area contributed by atoms with Gasteiger partial charge in [-0.15, -0.1) is 0 Å². The highest BCUT2D eigenvalue weighted by Gasteiger charge is 2.38. The smallest absolute Gasteiger partial charge is 0.170 e. The molecule has 0 spiro atoms. The van der Waals surface area contributed by atoms with Crippen molar-refractivity contribution in [2.45, 2.75) is 63.7 Å². The lowest BCUT2D eigenvalue weighted by atomic mass is 9.81. The number of anilines is 1. The number of nitrogens with one attached hydrogen (secondary N) is 2. The Morgan fingerprint density at radius 2 is 1.78 bits per heavy atom. The minimum atomic E-state index is 0.470. The SMILES string of the molecule is Cc1cccc(NC(=S)NC2CC3CCCC(C2)N3Cc2ccccc2)c1. The van der Waals surface area contributed by atoms with Crippen LogP contribution in [0.3, 0.4) is 0 Å². The molecule has 27 heavy (non-hydrogen) atoms. The third-order valence-electron chi connectivity index (χ3n) is 5.95. The standard InChI is InChI=1S/C23H29N3S/c1-17-7-5-10-19(13-17)24-23(27)25-20-14-21-11-6-12-22(15-20)26(21)16-18-8-3-2-4-9-18/h2-5,7-10,13,20-22H,6,11-12,14-16H2,1H3,(H2,24,25,27). The number of nitrogens with zero attached hydrogens (tertiary/aromatic N) is 1. The zero-order chi connectivity index (χ0) is 18.6. The van der Waals surface area contributed by atoms with Gasteiger partial charge in [0.25, 0.3) is 0 Å². The normalized spacial score (nSPS) is 25.0. The second kappa shape index (κ2) is 8.41. The highest BCUT2D eigenvalue weighted by molar-refractivity contribution is 7.80. The summed E-state index contributed by atoms with van der Waals surface area (Å²) in [5.74, 6) is 0. The molecular formula is C23H29N3S. The van der Waals surface area contributed by atoms with Crippen molar-refractivity contribution in [1.29, 1.82) is 0 Å². The molecule has 2 aromatic rings. The Kier molecular flexibility index (Phi) is 5.74. The van der Waals surface area contributed by atoms with Crippen LogP contribution in [0.2, 0.25) is 0 Å². The van der Waals surface area contributed by atoms with Crippen LogP contribution in [0.4, 0.5) is 5.69 Å². The maximum atomic E-state index is 5.59. The number of thiocarbonyl (C=S) groups is 1. The van der Waals surface area contributed by atoms with E-state index in [0.29, 0.717) is 18.1 Å². The molecule has 0 aromatic heterocycles. The molecule has 2 unspecified atom stereocenters. The summed E-state index contributed by atoms with van der Waals surface area (Å²) in [5.41, 5.74) is 3.73. The van der Waals surface area contributed by atoms with Gasteiger partial charge in [-0.05, 0) is 68.1 Å². The molecule has 142 valence electrons. The Balaban J connectivity index is 1.36. The van der Waals surface area contributed by atoms with Crippen LogP contribution in [0.25, 0.3) is 0 Å². The van der Waals surface area contributed by atoms with Crippen LogP contribution >= 0.6 is 12.2 Å². The van der Waals surface area contributed by atoms with E-state index in [1.807, 2.05) is 0 Å². The Bertz CT molecular complexity index is 762. The van der Waals surface area contributed by atoms with Crippen molar-refractivity contribution in [1.82, 2.24) is 10.2 Å². The Hall–Kier alpha value is -1.91. The van der Waals surface area contributed by atoms with Gasteiger partial charge in [-0.1, -0.05) is 48.9 Å². The molecule has 4 rings (SSSR count). The van der Waals surface area contributed by atoms with Crippen LogP contribution in [0, 0.1) is 6.92 Å². The lowest BCUT2D eigenvalue weighted by Gasteiger charge is -2.49. The van der Waals surface area contributed by atoms with Crippen LogP contribution in [0.1, 0.15) is 43.2 Å². The first-order valence-corrected chi connectivity index (χ1v) is 10.5. The van der Waals surface area contributed by atoms with E-state index in [-0.39, 0.29) is 0 Å².